The first kappa shape index (κ1) is 10.3. The molecule has 0 atom stereocenters. The van der Waals surface area contributed by atoms with Gasteiger partial charge in [0, 0.05) is 12.7 Å². The minimum atomic E-state index is 0.447. The van der Waals surface area contributed by atoms with Crippen LogP contribution in [0.2, 0.25) is 0 Å². The third-order valence-corrected chi connectivity index (χ3v) is 2.09. The number of rotatable bonds is 3. The van der Waals surface area contributed by atoms with Crippen LogP contribution in [0.4, 0.5) is 0 Å². The summed E-state index contributed by atoms with van der Waals surface area (Å²) in [4.78, 5) is 0. The molecule has 0 bridgehead atoms. The van der Waals surface area contributed by atoms with Crippen LogP contribution in [0.15, 0.2) is 12.3 Å². The van der Waals surface area contributed by atoms with Gasteiger partial charge in [0.1, 0.15) is 0 Å². The van der Waals surface area contributed by atoms with Gasteiger partial charge in [0.2, 0.25) is 0 Å². The molecule has 1 aromatic rings. The van der Waals surface area contributed by atoms with Crippen LogP contribution in [-0.2, 0) is 6.54 Å². The lowest BCUT2D eigenvalue weighted by atomic mass is 9.91. The minimum absolute atomic E-state index is 0.447. The second kappa shape index (κ2) is 3.95. The Bertz CT molecular complexity index is 255. The number of hydrogen-bond donors (Lipinski definition) is 0. The first-order valence-electron chi connectivity index (χ1n) is 4.97. The molecule has 1 heterocycles. The lowest BCUT2D eigenvalue weighted by Crippen LogP contribution is -2.07. The normalized spacial score (nSPS) is 12.0. The van der Waals surface area contributed by atoms with Crippen LogP contribution >= 0.6 is 0 Å². The highest BCUT2D eigenvalue weighted by molar-refractivity contribution is 4.94. The molecule has 0 aliphatic heterocycles. The zero-order valence-electron chi connectivity index (χ0n) is 9.17. The van der Waals surface area contributed by atoms with Gasteiger partial charge in [-0.1, -0.05) is 20.8 Å². The molecule has 0 radical (unpaired) electrons. The first-order chi connectivity index (χ1) is 5.97. The van der Waals surface area contributed by atoms with Crippen molar-refractivity contribution in [2.24, 2.45) is 5.41 Å². The SMILES string of the molecule is Cc1ccn(CCCC(C)(C)C)n1. The Labute approximate surface area is 81.0 Å². The molecule has 0 aliphatic carbocycles. The van der Waals surface area contributed by atoms with E-state index in [9.17, 15) is 0 Å². The molecule has 0 saturated heterocycles. The van der Waals surface area contributed by atoms with Gasteiger partial charge in [-0.2, -0.15) is 5.10 Å². The van der Waals surface area contributed by atoms with Crippen molar-refractivity contribution in [3.63, 3.8) is 0 Å². The topological polar surface area (TPSA) is 17.8 Å². The van der Waals surface area contributed by atoms with E-state index in [1.165, 1.54) is 12.8 Å². The molecule has 0 N–H and O–H groups in total. The smallest absolute Gasteiger partial charge is 0.0593 e. The number of aryl methyl sites for hydroxylation is 2. The second-order valence-corrected chi connectivity index (χ2v) is 4.88. The van der Waals surface area contributed by atoms with Crippen LogP contribution in [0, 0.1) is 12.3 Å². The predicted molar refractivity (Wildman–Crippen MR) is 55.7 cm³/mol. The van der Waals surface area contributed by atoms with Gasteiger partial charge in [0.15, 0.2) is 0 Å². The van der Waals surface area contributed by atoms with Gasteiger partial charge in [-0.25, -0.2) is 0 Å². The lowest BCUT2D eigenvalue weighted by Gasteiger charge is -2.17. The van der Waals surface area contributed by atoms with E-state index in [-0.39, 0.29) is 0 Å². The highest BCUT2D eigenvalue weighted by atomic mass is 15.3. The molecule has 2 heteroatoms. The first-order valence-corrected chi connectivity index (χ1v) is 4.97. The van der Waals surface area contributed by atoms with Gasteiger partial charge in [-0.05, 0) is 31.2 Å². The monoisotopic (exact) mass is 180 g/mol. The zero-order valence-corrected chi connectivity index (χ0v) is 9.17. The van der Waals surface area contributed by atoms with Crippen molar-refractivity contribution in [3.05, 3.63) is 18.0 Å². The Morgan fingerprint density at radius 1 is 1.38 bits per heavy atom. The Morgan fingerprint density at radius 3 is 2.54 bits per heavy atom. The summed E-state index contributed by atoms with van der Waals surface area (Å²) in [5.74, 6) is 0. The highest BCUT2D eigenvalue weighted by Crippen LogP contribution is 2.20. The van der Waals surface area contributed by atoms with E-state index < -0.39 is 0 Å². The quantitative estimate of drug-likeness (QED) is 0.699. The van der Waals surface area contributed by atoms with Crippen molar-refractivity contribution < 1.29 is 0 Å². The summed E-state index contributed by atoms with van der Waals surface area (Å²) in [5.41, 5.74) is 1.55. The Balaban J connectivity index is 2.28. The second-order valence-electron chi connectivity index (χ2n) is 4.88. The molecule has 1 aromatic heterocycles. The van der Waals surface area contributed by atoms with Crippen LogP contribution in [0.3, 0.4) is 0 Å². The third kappa shape index (κ3) is 4.11. The third-order valence-electron chi connectivity index (χ3n) is 2.09. The number of hydrogen-bond acceptors (Lipinski definition) is 1. The zero-order chi connectivity index (χ0) is 9.90. The van der Waals surface area contributed by atoms with Crippen LogP contribution in [-0.4, -0.2) is 9.78 Å². The van der Waals surface area contributed by atoms with Crippen molar-refractivity contribution >= 4 is 0 Å². The van der Waals surface area contributed by atoms with Crippen LogP contribution in [0.25, 0.3) is 0 Å². The van der Waals surface area contributed by atoms with E-state index in [0.717, 1.165) is 12.2 Å². The Hall–Kier alpha value is -0.790. The molecule has 1 rings (SSSR count). The van der Waals surface area contributed by atoms with Crippen LogP contribution < -0.4 is 0 Å². The van der Waals surface area contributed by atoms with Crippen LogP contribution in [0.5, 0.6) is 0 Å². The molecule has 2 nitrogen and oxygen atoms in total. The fourth-order valence-electron chi connectivity index (χ4n) is 1.36. The van der Waals surface area contributed by atoms with Crippen molar-refractivity contribution in [2.45, 2.75) is 47.1 Å². The molecule has 0 saturated carbocycles. The van der Waals surface area contributed by atoms with Gasteiger partial charge in [-0.15, -0.1) is 0 Å². The number of aromatic nitrogens is 2. The number of nitrogens with zero attached hydrogens (tertiary/aromatic N) is 2. The summed E-state index contributed by atoms with van der Waals surface area (Å²) in [6.07, 6.45) is 4.52. The van der Waals surface area contributed by atoms with E-state index in [2.05, 4.69) is 38.1 Å². The average molecular weight is 180 g/mol. The molecule has 0 aromatic carbocycles. The molecule has 13 heavy (non-hydrogen) atoms. The van der Waals surface area contributed by atoms with E-state index >= 15 is 0 Å². The summed E-state index contributed by atoms with van der Waals surface area (Å²) in [5, 5.41) is 4.35. The molecule has 0 amide bonds. The fourth-order valence-corrected chi connectivity index (χ4v) is 1.36. The largest absolute Gasteiger partial charge is 0.273 e. The van der Waals surface area contributed by atoms with Gasteiger partial charge in [-0.3, -0.25) is 4.68 Å². The summed E-state index contributed by atoms with van der Waals surface area (Å²) in [6, 6.07) is 2.05. The van der Waals surface area contributed by atoms with E-state index in [4.69, 9.17) is 0 Å². The molecular weight excluding hydrogens is 160 g/mol. The molecule has 0 spiro atoms. The van der Waals surface area contributed by atoms with E-state index in [1.54, 1.807) is 0 Å². The highest BCUT2D eigenvalue weighted by Gasteiger charge is 2.09. The average Bonchev–Trinajstić information content (AvgIpc) is 2.33. The molecule has 0 unspecified atom stereocenters. The van der Waals surface area contributed by atoms with Crippen molar-refractivity contribution in [1.82, 2.24) is 9.78 Å². The molecule has 0 aliphatic rings. The maximum atomic E-state index is 4.35. The van der Waals surface area contributed by atoms with Gasteiger partial charge in [0.25, 0.3) is 0 Å². The summed E-state index contributed by atoms with van der Waals surface area (Å²) in [7, 11) is 0. The molecular formula is C11H20N2. The lowest BCUT2D eigenvalue weighted by molar-refractivity contribution is 0.348. The summed E-state index contributed by atoms with van der Waals surface area (Å²) < 4.78 is 2.03. The molecule has 0 fully saturated rings. The Morgan fingerprint density at radius 2 is 2.08 bits per heavy atom. The summed E-state index contributed by atoms with van der Waals surface area (Å²) >= 11 is 0. The maximum Gasteiger partial charge on any atom is 0.0593 e. The minimum Gasteiger partial charge on any atom is -0.273 e. The van der Waals surface area contributed by atoms with Gasteiger partial charge < -0.3 is 0 Å². The van der Waals surface area contributed by atoms with E-state index in [0.29, 0.717) is 5.41 Å². The predicted octanol–water partition coefficient (Wildman–Crippen LogP) is 3.02. The van der Waals surface area contributed by atoms with Gasteiger partial charge >= 0.3 is 0 Å². The standard InChI is InChI=1S/C11H20N2/c1-10-6-9-13(12-10)8-5-7-11(2,3)4/h6,9H,5,7-8H2,1-4H3. The van der Waals surface area contributed by atoms with Crippen molar-refractivity contribution in [3.8, 4) is 0 Å². The van der Waals surface area contributed by atoms with Crippen LogP contribution in [0.1, 0.15) is 39.3 Å². The fraction of sp³-hybridized carbons (Fsp3) is 0.727. The van der Waals surface area contributed by atoms with E-state index in [1.807, 2.05) is 11.6 Å². The van der Waals surface area contributed by atoms with Crippen molar-refractivity contribution in [2.75, 3.05) is 0 Å². The van der Waals surface area contributed by atoms with Gasteiger partial charge in [0.05, 0.1) is 5.69 Å². The maximum absolute atomic E-state index is 4.35. The van der Waals surface area contributed by atoms with Crippen molar-refractivity contribution in [1.29, 1.82) is 0 Å². The molecule has 74 valence electrons. The summed E-state index contributed by atoms with van der Waals surface area (Å²) in [6.45, 7) is 9.91. The Kier molecular flexibility index (Phi) is 3.12.